The van der Waals surface area contributed by atoms with Crippen LogP contribution in [0.2, 0.25) is 0 Å². The smallest absolute Gasteiger partial charge is 0.256 e. The summed E-state index contributed by atoms with van der Waals surface area (Å²) in [6, 6.07) is 9.77. The molecule has 0 radical (unpaired) electrons. The van der Waals surface area contributed by atoms with Crippen molar-refractivity contribution in [1.82, 2.24) is 0 Å². The van der Waals surface area contributed by atoms with Gasteiger partial charge in [-0.05, 0) is 42.0 Å². The second kappa shape index (κ2) is 5.04. The van der Waals surface area contributed by atoms with E-state index < -0.39 is 10.0 Å². The summed E-state index contributed by atoms with van der Waals surface area (Å²) >= 11 is 0. The van der Waals surface area contributed by atoms with Gasteiger partial charge in [-0.3, -0.25) is 4.79 Å². The highest BCUT2D eigenvalue weighted by molar-refractivity contribution is 7.89. The van der Waals surface area contributed by atoms with E-state index in [2.05, 4.69) is 5.32 Å². The first-order chi connectivity index (χ1) is 10.3. The van der Waals surface area contributed by atoms with E-state index in [0.717, 1.165) is 0 Å². The third kappa shape index (κ3) is 2.63. The normalized spacial score (nSPS) is 15.7. The number of carbonyl (C=O) groups excluding carboxylic acids is 1. The highest BCUT2D eigenvalue weighted by Gasteiger charge is 2.25. The van der Waals surface area contributed by atoms with Gasteiger partial charge in [0.2, 0.25) is 10.0 Å². The quantitative estimate of drug-likeness (QED) is 0.830. The van der Waals surface area contributed by atoms with Crippen LogP contribution in [0.25, 0.3) is 11.6 Å². The van der Waals surface area contributed by atoms with Gasteiger partial charge in [0.1, 0.15) is 5.82 Å². The predicted octanol–water partition coefficient (Wildman–Crippen LogP) is 1.97. The van der Waals surface area contributed by atoms with E-state index in [1.54, 1.807) is 6.08 Å². The molecule has 112 valence electrons. The average molecular weight is 318 g/mol. The second-order valence-corrected chi connectivity index (χ2v) is 6.38. The first kappa shape index (κ1) is 14.4. The van der Waals surface area contributed by atoms with Crippen LogP contribution < -0.4 is 10.5 Å². The summed E-state index contributed by atoms with van der Waals surface area (Å²) in [5.41, 5.74) is 1.87. The Morgan fingerprint density at radius 3 is 2.41 bits per heavy atom. The molecule has 1 aliphatic heterocycles. The Balaban J connectivity index is 2.12. The van der Waals surface area contributed by atoms with Crippen molar-refractivity contribution in [3.63, 3.8) is 0 Å². The molecule has 0 spiro atoms. The van der Waals surface area contributed by atoms with Gasteiger partial charge in [0, 0.05) is 16.8 Å². The molecule has 3 rings (SSSR count). The molecule has 2 aromatic rings. The molecule has 0 aliphatic carbocycles. The van der Waals surface area contributed by atoms with E-state index in [-0.39, 0.29) is 16.6 Å². The number of nitrogens with two attached hydrogens (primary N) is 1. The van der Waals surface area contributed by atoms with Crippen LogP contribution in [0.3, 0.4) is 0 Å². The zero-order valence-corrected chi connectivity index (χ0v) is 12.0. The van der Waals surface area contributed by atoms with Crippen LogP contribution in [-0.2, 0) is 14.8 Å². The number of carbonyl (C=O) groups is 1. The molecular weight excluding hydrogens is 307 g/mol. The maximum atomic E-state index is 12.9. The molecule has 7 heteroatoms. The number of hydrogen-bond acceptors (Lipinski definition) is 3. The largest absolute Gasteiger partial charge is 0.321 e. The maximum Gasteiger partial charge on any atom is 0.256 e. The fourth-order valence-electron chi connectivity index (χ4n) is 2.21. The van der Waals surface area contributed by atoms with E-state index in [9.17, 15) is 17.6 Å². The molecule has 2 aromatic carbocycles. The molecule has 5 nitrogen and oxygen atoms in total. The lowest BCUT2D eigenvalue weighted by atomic mass is 10.0. The lowest BCUT2D eigenvalue weighted by Gasteiger charge is -2.02. The van der Waals surface area contributed by atoms with Crippen LogP contribution in [0, 0.1) is 5.82 Å². The number of sulfonamides is 1. The molecule has 1 aliphatic rings. The van der Waals surface area contributed by atoms with Gasteiger partial charge in [-0.2, -0.15) is 0 Å². The number of rotatable bonds is 2. The van der Waals surface area contributed by atoms with E-state index in [1.165, 1.54) is 42.5 Å². The molecule has 0 fully saturated rings. The van der Waals surface area contributed by atoms with E-state index >= 15 is 0 Å². The molecule has 1 heterocycles. The molecule has 0 unspecified atom stereocenters. The average Bonchev–Trinajstić information content (AvgIpc) is 2.76. The summed E-state index contributed by atoms with van der Waals surface area (Å²) in [7, 11) is -3.86. The van der Waals surface area contributed by atoms with Crippen molar-refractivity contribution >= 4 is 33.3 Å². The molecule has 0 saturated heterocycles. The molecule has 3 N–H and O–H groups in total. The van der Waals surface area contributed by atoms with Crippen LogP contribution >= 0.6 is 0 Å². The molecule has 0 aromatic heterocycles. The van der Waals surface area contributed by atoms with Gasteiger partial charge in [0.05, 0.1) is 4.90 Å². The number of hydrogen-bond donors (Lipinski definition) is 2. The molecule has 0 saturated carbocycles. The minimum absolute atomic E-state index is 0.0762. The Labute approximate surface area is 126 Å². The summed E-state index contributed by atoms with van der Waals surface area (Å²) in [5, 5.41) is 7.75. The Morgan fingerprint density at radius 2 is 1.77 bits per heavy atom. The molecule has 0 bridgehead atoms. The minimum Gasteiger partial charge on any atom is -0.321 e. The van der Waals surface area contributed by atoms with Gasteiger partial charge >= 0.3 is 0 Å². The number of halogens is 1. The Hall–Kier alpha value is -2.51. The van der Waals surface area contributed by atoms with Gasteiger partial charge in [-0.25, -0.2) is 17.9 Å². The SMILES string of the molecule is NS(=O)(=O)c1ccc2c(c1)/C(=C/c1ccc(F)cc1)C(=O)N2. The standard InChI is InChI=1S/C15H11FN2O3S/c16-10-3-1-9(2-4-10)7-13-12-8-11(22(17,20)21)5-6-14(12)18-15(13)19/h1-8H,(H,18,19)(H2,17,20,21)/b13-7-. The van der Waals surface area contributed by atoms with Gasteiger partial charge in [0.25, 0.3) is 5.91 Å². The number of fused-ring (bicyclic) bond motifs is 1. The van der Waals surface area contributed by atoms with Crippen molar-refractivity contribution in [3.05, 3.63) is 59.4 Å². The van der Waals surface area contributed by atoms with E-state index in [1.807, 2.05) is 0 Å². The molecule has 22 heavy (non-hydrogen) atoms. The zero-order chi connectivity index (χ0) is 15.9. The topological polar surface area (TPSA) is 89.3 Å². The van der Waals surface area contributed by atoms with Crippen LogP contribution in [0.4, 0.5) is 10.1 Å². The third-order valence-corrected chi connectivity index (χ3v) is 4.19. The summed E-state index contributed by atoms with van der Waals surface area (Å²) in [5.74, 6) is -0.735. The number of benzene rings is 2. The van der Waals surface area contributed by atoms with Crippen molar-refractivity contribution in [3.8, 4) is 0 Å². The van der Waals surface area contributed by atoms with Crippen LogP contribution in [-0.4, -0.2) is 14.3 Å². The van der Waals surface area contributed by atoms with Gasteiger partial charge in [-0.1, -0.05) is 12.1 Å². The lowest BCUT2D eigenvalue weighted by molar-refractivity contribution is -0.110. The van der Waals surface area contributed by atoms with Crippen molar-refractivity contribution < 1.29 is 17.6 Å². The first-order valence-corrected chi connectivity index (χ1v) is 7.85. The zero-order valence-electron chi connectivity index (χ0n) is 11.2. The van der Waals surface area contributed by atoms with Crippen LogP contribution in [0.15, 0.2) is 47.4 Å². The molecule has 0 atom stereocenters. The number of primary sulfonamides is 1. The third-order valence-electron chi connectivity index (χ3n) is 3.28. The van der Waals surface area contributed by atoms with Gasteiger partial charge in [0.15, 0.2) is 0 Å². The van der Waals surface area contributed by atoms with Crippen molar-refractivity contribution in [2.24, 2.45) is 5.14 Å². The van der Waals surface area contributed by atoms with Crippen molar-refractivity contribution in [2.75, 3.05) is 5.32 Å². The predicted molar refractivity (Wildman–Crippen MR) is 80.7 cm³/mol. The molecule has 1 amide bonds. The highest BCUT2D eigenvalue weighted by Crippen LogP contribution is 2.34. The number of amides is 1. The Morgan fingerprint density at radius 1 is 1.09 bits per heavy atom. The molecular formula is C15H11FN2O3S. The Bertz CT molecular complexity index is 903. The summed E-state index contributed by atoms with van der Waals surface area (Å²) in [6.07, 6.45) is 1.56. The summed E-state index contributed by atoms with van der Waals surface area (Å²) in [6.45, 7) is 0. The first-order valence-electron chi connectivity index (χ1n) is 6.30. The summed E-state index contributed by atoms with van der Waals surface area (Å²) < 4.78 is 35.8. The van der Waals surface area contributed by atoms with Gasteiger partial charge in [-0.15, -0.1) is 0 Å². The number of anilines is 1. The maximum absolute atomic E-state index is 12.9. The summed E-state index contributed by atoms with van der Waals surface area (Å²) in [4.78, 5) is 12.0. The fraction of sp³-hybridized carbons (Fsp3) is 0. The highest BCUT2D eigenvalue weighted by atomic mass is 32.2. The monoisotopic (exact) mass is 318 g/mol. The van der Waals surface area contributed by atoms with E-state index in [4.69, 9.17) is 5.14 Å². The van der Waals surface area contributed by atoms with Crippen LogP contribution in [0.1, 0.15) is 11.1 Å². The fourth-order valence-corrected chi connectivity index (χ4v) is 2.75. The van der Waals surface area contributed by atoms with Crippen molar-refractivity contribution in [2.45, 2.75) is 4.90 Å². The second-order valence-electron chi connectivity index (χ2n) is 4.82. The van der Waals surface area contributed by atoms with Crippen molar-refractivity contribution in [1.29, 1.82) is 0 Å². The minimum atomic E-state index is -3.86. The number of nitrogens with one attached hydrogen (secondary N) is 1. The van der Waals surface area contributed by atoms with Gasteiger partial charge < -0.3 is 5.32 Å². The Kier molecular flexibility index (Phi) is 3.31. The van der Waals surface area contributed by atoms with Crippen LogP contribution in [0.5, 0.6) is 0 Å². The van der Waals surface area contributed by atoms with E-state index in [0.29, 0.717) is 22.4 Å². The lowest BCUT2D eigenvalue weighted by Crippen LogP contribution is -2.12.